The Bertz CT molecular complexity index is 8930. The lowest BCUT2D eigenvalue weighted by Crippen LogP contribution is -2.74. The third-order valence-corrected chi connectivity index (χ3v) is 32.8. The predicted octanol–water partition coefficient (Wildman–Crippen LogP) is 28.1. The Morgan fingerprint density at radius 1 is 0.226 bits per heavy atom. The van der Waals surface area contributed by atoms with Gasteiger partial charge >= 0.3 is 0 Å². The summed E-state index contributed by atoms with van der Waals surface area (Å²) in [6, 6.07) is 160. The molecule has 0 aliphatic carbocycles. The quantitative estimate of drug-likeness (QED) is 0.0827. The van der Waals surface area contributed by atoms with Crippen molar-refractivity contribution in [3.05, 3.63) is 461 Å². The van der Waals surface area contributed by atoms with Crippen molar-refractivity contribution < 1.29 is 4.42 Å². The number of hydrogen-bond donors (Lipinski definition) is 0. The normalized spacial score (nSPS) is 11.8. The fraction of sp³-hybridized carbons (Fsp3) is 0. The average Bonchev–Trinajstić information content (AvgIpc) is 1.63. The van der Waals surface area contributed by atoms with E-state index < -0.39 is 8.07 Å². The largest absolute Gasteiger partial charge is 0.455 e. The van der Waals surface area contributed by atoms with Gasteiger partial charge in [0.05, 0.1) is 55.6 Å². The maximum Gasteiger partial charge on any atom is 0.235 e. The Morgan fingerprint density at radius 3 is 1.22 bits per heavy atom. The molecule has 0 fully saturated rings. The second-order valence-electron chi connectivity index (χ2n) is 33.3. The highest BCUT2D eigenvalue weighted by molar-refractivity contribution is 7.27. The molecule has 0 N–H and O–H groups in total. The van der Waals surface area contributed by atoms with Crippen LogP contribution in [0.5, 0.6) is 0 Å². The van der Waals surface area contributed by atoms with E-state index in [1.807, 2.05) is 120 Å². The van der Waals surface area contributed by atoms with Gasteiger partial charge in [0.15, 0.2) is 25.5 Å². The van der Waals surface area contributed by atoms with Crippen molar-refractivity contribution in [1.82, 2.24) is 48.6 Å². The van der Waals surface area contributed by atoms with Crippen molar-refractivity contribution in [1.29, 1.82) is 0 Å². The van der Waals surface area contributed by atoms with Crippen LogP contribution in [0, 0.1) is 0 Å². The maximum absolute atomic E-state index is 6.52. The topological polar surface area (TPSA) is 118 Å². The van der Waals surface area contributed by atoms with Gasteiger partial charge in [-0.15, -0.1) is 22.7 Å². The minimum Gasteiger partial charge on any atom is -0.455 e. The SMILES string of the molecule is c1ccc(-c2cc(-c3ccccc3)nc(-n3c4ccccc4c4c5c(ccc43)sc3ccccc35)n2)cc1.c1ccc(-c2nc(-c3ccccc3)nc(-c3ccc(-n4c5ccccc5c5c6sc7ccccc7c6ccc54)cc3)n2)cc1.c1ccc([Si](c2ccccc2)(c2ccccc2)c2cccc(-c3ccnc(-n4c5ccccc5c5c6oc7ccccc7c6ccc54)n3)c2)cc1. The van der Waals surface area contributed by atoms with Crippen LogP contribution in [-0.4, -0.2) is 56.7 Å². The summed E-state index contributed by atoms with van der Waals surface area (Å²) in [5.41, 5.74) is 18.3. The van der Waals surface area contributed by atoms with E-state index >= 15 is 0 Å². The second kappa shape index (κ2) is 32.9. The molecule has 624 valence electrons. The summed E-state index contributed by atoms with van der Waals surface area (Å²) in [7, 11) is -2.70. The summed E-state index contributed by atoms with van der Waals surface area (Å²) in [5, 5.41) is 20.0. The lowest BCUT2D eigenvalue weighted by molar-refractivity contribution is 0.673. The zero-order valence-corrected chi connectivity index (χ0v) is 74.2. The van der Waals surface area contributed by atoms with Gasteiger partial charge in [-0.3, -0.25) is 9.13 Å². The minimum absolute atomic E-state index is 0.622. The first-order valence-corrected chi connectivity index (χ1v) is 48.2. The molecule has 0 unspecified atom stereocenters. The summed E-state index contributed by atoms with van der Waals surface area (Å²) in [6.07, 6.45) is 1.88. The van der Waals surface area contributed by atoms with Crippen molar-refractivity contribution in [2.24, 2.45) is 0 Å². The summed E-state index contributed by atoms with van der Waals surface area (Å²) in [6.45, 7) is 0. The van der Waals surface area contributed by atoms with Crippen LogP contribution in [0.3, 0.4) is 0 Å². The molecule has 0 aliphatic rings. The van der Waals surface area contributed by atoms with Gasteiger partial charge in [-0.25, -0.2) is 34.9 Å². The van der Waals surface area contributed by atoms with Gasteiger partial charge in [-0.1, -0.05) is 352 Å². The van der Waals surface area contributed by atoms with E-state index in [2.05, 4.69) is 378 Å². The van der Waals surface area contributed by atoms with Crippen molar-refractivity contribution in [3.8, 4) is 85.5 Å². The summed E-state index contributed by atoms with van der Waals surface area (Å²) >= 11 is 3.73. The van der Waals surface area contributed by atoms with Gasteiger partial charge in [0.1, 0.15) is 11.2 Å². The van der Waals surface area contributed by atoms with E-state index in [1.54, 1.807) is 0 Å². The number of hydrogen-bond acceptors (Lipinski definition) is 10. The van der Waals surface area contributed by atoms with Crippen molar-refractivity contribution in [2.75, 3.05) is 0 Å². The third kappa shape index (κ3) is 13.5. The predicted molar refractivity (Wildman–Crippen MR) is 556 cm³/mol. The molecule has 18 aromatic carbocycles. The molecule has 27 aromatic rings. The van der Waals surface area contributed by atoms with Gasteiger partial charge in [0.25, 0.3) is 0 Å². The molecule has 0 bridgehead atoms. The van der Waals surface area contributed by atoms with Crippen LogP contribution in [-0.2, 0) is 0 Å². The van der Waals surface area contributed by atoms with Gasteiger partial charge in [0, 0.05) is 123 Å². The summed E-state index contributed by atoms with van der Waals surface area (Å²) < 4.78 is 18.5. The third-order valence-electron chi connectivity index (χ3n) is 25.7. The first-order chi connectivity index (χ1) is 66.0. The van der Waals surface area contributed by atoms with Crippen LogP contribution in [0.1, 0.15) is 0 Å². The number of nitrogens with zero attached hydrogens (tertiary/aromatic N) is 10. The number of para-hydroxylation sites is 4. The molecule has 0 aliphatic heterocycles. The molecule has 0 radical (unpaired) electrons. The molecule has 0 saturated heterocycles. The molecule has 133 heavy (non-hydrogen) atoms. The van der Waals surface area contributed by atoms with Crippen molar-refractivity contribution >= 4 is 179 Å². The van der Waals surface area contributed by atoms with Gasteiger partial charge in [-0.05, 0) is 124 Å². The van der Waals surface area contributed by atoms with E-state index in [0.29, 0.717) is 29.4 Å². The Kier molecular flexibility index (Phi) is 19.4. The van der Waals surface area contributed by atoms with Crippen molar-refractivity contribution in [3.63, 3.8) is 0 Å². The second-order valence-corrected chi connectivity index (χ2v) is 39.2. The van der Waals surface area contributed by atoms with Gasteiger partial charge in [0.2, 0.25) is 11.9 Å². The highest BCUT2D eigenvalue weighted by Crippen LogP contribution is 2.47. The summed E-state index contributed by atoms with van der Waals surface area (Å²) in [5.74, 6) is 3.27. The van der Waals surface area contributed by atoms with E-state index in [-0.39, 0.29) is 0 Å². The van der Waals surface area contributed by atoms with Crippen LogP contribution in [0.2, 0.25) is 0 Å². The Balaban J connectivity index is 0.000000108. The van der Waals surface area contributed by atoms with E-state index in [0.717, 1.165) is 111 Å². The minimum atomic E-state index is -2.70. The Morgan fingerprint density at radius 2 is 0.639 bits per heavy atom. The van der Waals surface area contributed by atoms with Gasteiger partial charge in [-0.2, -0.15) is 0 Å². The molecule has 14 heteroatoms. The van der Waals surface area contributed by atoms with E-state index in [4.69, 9.17) is 39.3 Å². The zero-order chi connectivity index (χ0) is 87.9. The summed E-state index contributed by atoms with van der Waals surface area (Å²) in [4.78, 5) is 35.2. The highest BCUT2D eigenvalue weighted by Gasteiger charge is 2.42. The van der Waals surface area contributed by atoms with Crippen LogP contribution >= 0.6 is 22.7 Å². The molecule has 9 aromatic heterocycles. The Labute approximate surface area is 773 Å². The van der Waals surface area contributed by atoms with E-state index in [9.17, 15) is 0 Å². The lowest BCUT2D eigenvalue weighted by Gasteiger charge is -2.34. The molecule has 0 atom stereocenters. The van der Waals surface area contributed by atoms with Crippen molar-refractivity contribution in [2.45, 2.75) is 0 Å². The molecule has 9 heterocycles. The first kappa shape index (κ1) is 78.3. The number of rotatable bonds is 13. The molecule has 0 amide bonds. The van der Waals surface area contributed by atoms with E-state index in [1.165, 1.54) is 93.7 Å². The molecule has 0 saturated carbocycles. The lowest BCUT2D eigenvalue weighted by atomic mass is 10.1. The number of thiophene rings is 2. The number of furan rings is 1. The first-order valence-electron chi connectivity index (χ1n) is 44.6. The monoisotopic (exact) mass is 1750 g/mol. The number of benzene rings is 18. The average molecular weight is 1750 g/mol. The number of aromatic nitrogens is 10. The van der Waals surface area contributed by atoms with Crippen LogP contribution in [0.4, 0.5) is 0 Å². The molecule has 27 rings (SSSR count). The van der Waals surface area contributed by atoms with Gasteiger partial charge < -0.3 is 8.98 Å². The molecular weight excluding hydrogens is 1680 g/mol. The molecule has 0 spiro atoms. The molecular formula is C119H76N10OS2Si. The highest BCUT2D eigenvalue weighted by atomic mass is 32.1. The number of fused-ring (bicyclic) bond motifs is 21. The standard InChI is InChI=1S/C46H31N3OSi.C39H24N4S.C34H21N3S/c1-4-16-33(17-5-1)51(34-18-6-2-7-19-34,35-20-8-3-9-21-35)36-22-14-15-32(31-36)40-29-30-47-46(48-40)49-41-25-12-10-24-39(41)44-42(49)28-27-38-37-23-11-13-26-43(37)50-45(38)44;1-3-11-25(12-4-1)37-40-38(26-13-5-2-6-14-26)42-39(41-37)27-19-21-28(22-20-27)43-32-17-9-7-16-31(32)35-33(43)24-23-30-29-15-8-10-18-34(29)44-36(30)35;1-3-11-22(12-4-1)26-21-27(23-13-5-2-6-14-23)36-34(35-26)37-28-17-9-7-15-24(28)32-29(37)19-20-31-33(32)25-16-8-10-18-30(25)38-31/h1-31H;1-24H;1-21H. The molecule has 11 nitrogen and oxygen atoms in total. The van der Waals surface area contributed by atoms with Crippen LogP contribution < -0.4 is 20.7 Å². The fourth-order valence-corrected chi connectivity index (χ4v) is 27.0. The zero-order valence-electron chi connectivity index (χ0n) is 71.6. The van der Waals surface area contributed by atoms with Crippen LogP contribution in [0.25, 0.3) is 213 Å². The fourth-order valence-electron chi connectivity index (χ4n) is 19.8. The maximum atomic E-state index is 6.52. The smallest absolute Gasteiger partial charge is 0.235 e. The Hall–Kier alpha value is -17.0. The van der Waals surface area contributed by atoms with Crippen LogP contribution in [0.15, 0.2) is 466 Å².